The van der Waals surface area contributed by atoms with Crippen LogP contribution in [0.2, 0.25) is 24.7 Å². The van der Waals surface area contributed by atoms with Crippen LogP contribution >= 0.6 is 0 Å². The van der Waals surface area contributed by atoms with Crippen molar-refractivity contribution in [3.63, 3.8) is 0 Å². The van der Waals surface area contributed by atoms with Crippen LogP contribution in [0.25, 0.3) is 0 Å². The summed E-state index contributed by atoms with van der Waals surface area (Å²) in [5.74, 6) is 0.997. The molecule has 0 amide bonds. The van der Waals surface area contributed by atoms with Crippen LogP contribution in [-0.4, -0.2) is 8.07 Å². The van der Waals surface area contributed by atoms with E-state index in [4.69, 9.17) is 0 Å². The zero-order valence-corrected chi connectivity index (χ0v) is 7.22. The molecule has 0 N–H and O–H groups in total. The van der Waals surface area contributed by atoms with Gasteiger partial charge in [0.05, 0.1) is 8.07 Å². The van der Waals surface area contributed by atoms with E-state index in [9.17, 15) is 0 Å². The first kappa shape index (κ1) is 5.72. The van der Waals surface area contributed by atoms with Crippen LogP contribution in [-0.2, 0) is 0 Å². The predicted molar refractivity (Wildman–Crippen MR) is 43.3 cm³/mol. The van der Waals surface area contributed by atoms with Crippen LogP contribution in [0.5, 0.6) is 0 Å². The number of hydrogen-bond donors (Lipinski definition) is 0. The molecule has 2 aliphatic rings. The van der Waals surface area contributed by atoms with Crippen molar-refractivity contribution < 1.29 is 0 Å². The molecule has 0 aromatic carbocycles. The van der Waals surface area contributed by atoms with E-state index in [1.807, 2.05) is 0 Å². The Morgan fingerprint density at radius 1 is 1.33 bits per heavy atom. The fraction of sp³-hybridized carbons (Fsp3) is 0.750. The average molecular weight is 138 g/mol. The molecule has 1 saturated heterocycles. The highest BCUT2D eigenvalue weighted by molar-refractivity contribution is 6.80. The van der Waals surface area contributed by atoms with Crippen molar-refractivity contribution >= 4 is 8.07 Å². The van der Waals surface area contributed by atoms with Crippen LogP contribution in [0, 0.1) is 5.92 Å². The van der Waals surface area contributed by atoms with Gasteiger partial charge in [0.25, 0.3) is 0 Å². The van der Waals surface area contributed by atoms with Gasteiger partial charge in [-0.3, -0.25) is 0 Å². The summed E-state index contributed by atoms with van der Waals surface area (Å²) in [4.78, 5) is 0. The maximum absolute atomic E-state index is 2.53. The highest BCUT2D eigenvalue weighted by Gasteiger charge is 2.42. The zero-order valence-electron chi connectivity index (χ0n) is 6.22. The van der Waals surface area contributed by atoms with Gasteiger partial charge in [-0.05, 0) is 17.9 Å². The SMILES string of the molecule is C[Si]1(C)CC2C=CC1C2. The van der Waals surface area contributed by atoms with Crippen molar-refractivity contribution in [2.75, 3.05) is 0 Å². The second-order valence-corrected chi connectivity index (χ2v) is 9.31. The third kappa shape index (κ3) is 0.709. The third-order valence-electron chi connectivity index (χ3n) is 2.96. The first-order chi connectivity index (χ1) is 4.18. The Labute approximate surface area is 58.0 Å². The summed E-state index contributed by atoms with van der Waals surface area (Å²) in [5, 5.41) is 0. The molecule has 1 heteroatoms. The fourth-order valence-electron chi connectivity index (χ4n) is 2.33. The molecular weight excluding hydrogens is 124 g/mol. The van der Waals surface area contributed by atoms with Gasteiger partial charge in [-0.1, -0.05) is 31.3 Å². The van der Waals surface area contributed by atoms with Crippen LogP contribution in [0.4, 0.5) is 0 Å². The summed E-state index contributed by atoms with van der Waals surface area (Å²) in [6, 6.07) is 1.56. The van der Waals surface area contributed by atoms with Crippen LogP contribution in [0.3, 0.4) is 0 Å². The normalized spacial score (nSPS) is 44.2. The van der Waals surface area contributed by atoms with E-state index < -0.39 is 8.07 Å². The standard InChI is InChI=1S/C8H14Si/c1-9(2)6-7-3-4-8(9)5-7/h3-4,7-8H,5-6H2,1-2H3. The second-order valence-electron chi connectivity index (χ2n) is 4.18. The van der Waals surface area contributed by atoms with Gasteiger partial charge in [0.2, 0.25) is 0 Å². The van der Waals surface area contributed by atoms with Crippen LogP contribution in [0.1, 0.15) is 6.42 Å². The molecule has 9 heavy (non-hydrogen) atoms. The van der Waals surface area contributed by atoms with Gasteiger partial charge in [0, 0.05) is 0 Å². The van der Waals surface area contributed by atoms with Gasteiger partial charge in [-0.15, -0.1) is 0 Å². The summed E-state index contributed by atoms with van der Waals surface area (Å²) in [7, 11) is -0.707. The predicted octanol–water partition coefficient (Wildman–Crippen LogP) is 2.65. The Kier molecular flexibility index (Phi) is 0.961. The van der Waals surface area contributed by atoms with Crippen molar-refractivity contribution in [3.05, 3.63) is 12.2 Å². The molecule has 0 spiro atoms. The summed E-state index contributed by atoms with van der Waals surface area (Å²) in [5.41, 5.74) is 1.04. The Morgan fingerprint density at radius 2 is 2.11 bits per heavy atom. The van der Waals surface area contributed by atoms with E-state index >= 15 is 0 Å². The average Bonchev–Trinajstić information content (AvgIpc) is 2.19. The van der Waals surface area contributed by atoms with Crippen molar-refractivity contribution in [2.45, 2.75) is 31.1 Å². The lowest BCUT2D eigenvalue weighted by atomic mass is 10.2. The van der Waals surface area contributed by atoms with Gasteiger partial charge in [-0.2, -0.15) is 0 Å². The molecular formula is C8H14Si. The Hall–Kier alpha value is -0.0431. The van der Waals surface area contributed by atoms with Gasteiger partial charge in [0.15, 0.2) is 0 Å². The van der Waals surface area contributed by atoms with E-state index in [1.54, 1.807) is 6.04 Å². The Bertz CT molecular complexity index is 158. The quantitative estimate of drug-likeness (QED) is 0.356. The lowest BCUT2D eigenvalue weighted by Crippen LogP contribution is -2.26. The molecule has 0 nitrogen and oxygen atoms in total. The first-order valence-electron chi connectivity index (χ1n) is 3.87. The van der Waals surface area contributed by atoms with Gasteiger partial charge < -0.3 is 0 Å². The minimum atomic E-state index is -0.707. The fourth-order valence-corrected chi connectivity index (χ4v) is 5.86. The van der Waals surface area contributed by atoms with Crippen molar-refractivity contribution in [2.24, 2.45) is 5.92 Å². The number of allylic oxidation sites excluding steroid dienone is 2. The van der Waals surface area contributed by atoms with Gasteiger partial charge >= 0.3 is 0 Å². The smallest absolute Gasteiger partial charge is 0.0550 e. The molecule has 2 unspecified atom stereocenters. The monoisotopic (exact) mass is 138 g/mol. The summed E-state index contributed by atoms with van der Waals surface area (Å²) in [6.07, 6.45) is 6.41. The molecule has 0 saturated carbocycles. The first-order valence-corrected chi connectivity index (χ1v) is 7.15. The molecule has 0 radical (unpaired) electrons. The summed E-state index contributed by atoms with van der Waals surface area (Å²) >= 11 is 0. The largest absolute Gasteiger partial charge is 0.0878 e. The second kappa shape index (κ2) is 1.51. The Balaban J connectivity index is 2.29. The highest BCUT2D eigenvalue weighted by atomic mass is 28.3. The number of rotatable bonds is 0. The molecule has 1 aliphatic heterocycles. The lowest BCUT2D eigenvalue weighted by Gasteiger charge is -2.23. The number of hydrogen-bond acceptors (Lipinski definition) is 0. The molecule has 2 bridgehead atoms. The molecule has 0 aromatic rings. The van der Waals surface area contributed by atoms with E-state index in [2.05, 4.69) is 25.2 Å². The van der Waals surface area contributed by atoms with E-state index in [-0.39, 0.29) is 0 Å². The Morgan fingerprint density at radius 3 is 2.33 bits per heavy atom. The molecule has 1 fully saturated rings. The van der Waals surface area contributed by atoms with E-state index in [0.29, 0.717) is 0 Å². The summed E-state index contributed by atoms with van der Waals surface area (Å²) < 4.78 is 0. The minimum absolute atomic E-state index is 0.707. The van der Waals surface area contributed by atoms with Crippen molar-refractivity contribution in [1.29, 1.82) is 0 Å². The summed E-state index contributed by atoms with van der Waals surface area (Å²) in [6.45, 7) is 5.06. The zero-order chi connectivity index (χ0) is 6.48. The van der Waals surface area contributed by atoms with Crippen molar-refractivity contribution in [3.8, 4) is 0 Å². The maximum atomic E-state index is 2.53. The molecule has 2 atom stereocenters. The molecule has 2 rings (SSSR count). The van der Waals surface area contributed by atoms with E-state index in [1.165, 1.54) is 6.42 Å². The van der Waals surface area contributed by atoms with Crippen LogP contribution in [0.15, 0.2) is 12.2 Å². The minimum Gasteiger partial charge on any atom is -0.0878 e. The molecule has 50 valence electrons. The van der Waals surface area contributed by atoms with Crippen molar-refractivity contribution in [1.82, 2.24) is 0 Å². The topological polar surface area (TPSA) is 0 Å². The molecule has 0 aromatic heterocycles. The third-order valence-corrected chi connectivity index (χ3v) is 6.98. The molecule has 1 heterocycles. The van der Waals surface area contributed by atoms with E-state index in [0.717, 1.165) is 11.5 Å². The maximum Gasteiger partial charge on any atom is 0.0550 e. The highest BCUT2D eigenvalue weighted by Crippen LogP contribution is 2.49. The number of fused-ring (bicyclic) bond motifs is 2. The molecule has 1 aliphatic carbocycles. The van der Waals surface area contributed by atoms with Gasteiger partial charge in [-0.25, -0.2) is 0 Å². The van der Waals surface area contributed by atoms with Gasteiger partial charge in [0.1, 0.15) is 0 Å². The van der Waals surface area contributed by atoms with Crippen LogP contribution < -0.4 is 0 Å². The lowest BCUT2D eigenvalue weighted by molar-refractivity contribution is 0.744.